The molecule has 1 heterocycles. The highest BCUT2D eigenvalue weighted by molar-refractivity contribution is 5.00. The average Bonchev–Trinajstić information content (AvgIpc) is 2.31. The molecule has 0 bridgehead atoms. The summed E-state index contributed by atoms with van der Waals surface area (Å²) in [5, 5.41) is 36.8. The van der Waals surface area contributed by atoms with E-state index in [1.54, 1.807) is 0 Å². The van der Waals surface area contributed by atoms with E-state index >= 15 is 0 Å². The van der Waals surface area contributed by atoms with Gasteiger partial charge in [0.15, 0.2) is 0 Å². The summed E-state index contributed by atoms with van der Waals surface area (Å²) in [5.41, 5.74) is 0. The topological polar surface area (TPSA) is 96.5 Å². The van der Waals surface area contributed by atoms with Crippen molar-refractivity contribution in [2.45, 2.75) is 30.7 Å². The zero-order chi connectivity index (χ0) is 10.0. The zero-order valence-electron chi connectivity index (χ0n) is 7.46. The Morgan fingerprint density at radius 2 is 2.00 bits per heavy atom. The van der Waals surface area contributed by atoms with Gasteiger partial charge in [0.25, 0.3) is 0 Å². The van der Waals surface area contributed by atoms with Crippen molar-refractivity contribution in [1.29, 1.82) is 5.26 Å². The van der Waals surface area contributed by atoms with Gasteiger partial charge in [0.05, 0.1) is 37.3 Å². The van der Waals surface area contributed by atoms with E-state index in [1.165, 1.54) is 0 Å². The van der Waals surface area contributed by atoms with Crippen LogP contribution in [0.5, 0.6) is 0 Å². The van der Waals surface area contributed by atoms with Gasteiger partial charge in [-0.2, -0.15) is 5.26 Å². The summed E-state index contributed by atoms with van der Waals surface area (Å²) in [4.78, 5) is 0. The lowest BCUT2D eigenvalue weighted by atomic mass is 10.1. The van der Waals surface area contributed by atoms with Crippen LogP contribution in [0.15, 0.2) is 0 Å². The van der Waals surface area contributed by atoms with Gasteiger partial charge in [0.2, 0.25) is 0 Å². The number of aliphatic hydroxyl groups is 3. The van der Waals surface area contributed by atoms with Crippen molar-refractivity contribution in [2.24, 2.45) is 0 Å². The van der Waals surface area contributed by atoms with E-state index in [1.807, 2.05) is 6.07 Å². The predicted molar refractivity (Wildman–Crippen MR) is 40.0 cm³/mol. The van der Waals surface area contributed by atoms with Crippen LogP contribution in [0.3, 0.4) is 0 Å². The van der Waals surface area contributed by atoms with Gasteiger partial charge in [0, 0.05) is 6.04 Å². The summed E-state index contributed by atoms with van der Waals surface area (Å²) in [7, 11) is 0. The lowest BCUT2D eigenvalue weighted by molar-refractivity contribution is 0.0201. The molecule has 0 saturated carbocycles. The minimum absolute atomic E-state index is 0.0295. The van der Waals surface area contributed by atoms with Crippen molar-refractivity contribution in [2.75, 3.05) is 6.61 Å². The summed E-state index contributed by atoms with van der Waals surface area (Å²) < 4.78 is 7.41. The number of nitriles is 1. The van der Waals surface area contributed by atoms with E-state index in [2.05, 4.69) is 0 Å². The Kier molecular flexibility index (Phi) is 2.54. The fourth-order valence-corrected chi connectivity index (χ4v) is 1.30. The molecular formula is C7H12N2O3. The first-order chi connectivity index (χ1) is 6.13. The molecule has 0 spiro atoms. The molecule has 4 N–H and O–H groups in total. The van der Waals surface area contributed by atoms with Gasteiger partial charge in [-0.3, -0.25) is 0 Å². The number of nitrogens with one attached hydrogen (secondary N) is 1. The van der Waals surface area contributed by atoms with Gasteiger partial charge in [-0.15, -0.1) is 0 Å². The van der Waals surface area contributed by atoms with Crippen LogP contribution in [0.2, 0.25) is 1.41 Å². The van der Waals surface area contributed by atoms with Crippen molar-refractivity contribution in [1.82, 2.24) is 5.31 Å². The van der Waals surface area contributed by atoms with Crippen molar-refractivity contribution in [3.63, 3.8) is 0 Å². The normalized spacial score (nSPS) is 44.0. The van der Waals surface area contributed by atoms with Crippen molar-refractivity contribution < 1.29 is 16.7 Å². The highest BCUT2D eigenvalue weighted by Gasteiger charge is 2.40. The summed E-state index contributed by atoms with van der Waals surface area (Å²) in [6.45, 7) is -0.399. The van der Waals surface area contributed by atoms with Crippen LogP contribution < -0.4 is 5.31 Å². The molecule has 0 aromatic carbocycles. The van der Waals surface area contributed by atoms with Gasteiger partial charge in [-0.25, -0.2) is 0 Å². The first-order valence-corrected chi connectivity index (χ1v) is 3.74. The highest BCUT2D eigenvalue weighted by atomic mass is 16.3. The summed E-state index contributed by atoms with van der Waals surface area (Å²) in [6.07, 6.45) is -2.31. The molecule has 1 fully saturated rings. The summed E-state index contributed by atoms with van der Waals surface area (Å²) >= 11 is 0. The second-order valence-corrected chi connectivity index (χ2v) is 2.81. The highest BCUT2D eigenvalue weighted by Crippen LogP contribution is 2.15. The molecule has 0 aliphatic carbocycles. The third-order valence-electron chi connectivity index (χ3n) is 2.01. The van der Waals surface area contributed by atoms with Crippen LogP contribution >= 0.6 is 0 Å². The second-order valence-electron chi connectivity index (χ2n) is 2.81. The van der Waals surface area contributed by atoms with Crippen molar-refractivity contribution in [3.05, 3.63) is 0 Å². The van der Waals surface area contributed by atoms with E-state index in [0.717, 1.165) is 5.31 Å². The Balaban J connectivity index is 2.73. The predicted octanol–water partition coefficient (Wildman–Crippen LogP) is -2.05. The quantitative estimate of drug-likeness (QED) is 0.385. The van der Waals surface area contributed by atoms with E-state index in [9.17, 15) is 10.2 Å². The number of hydrogen-bond donors (Lipinski definition) is 4. The Hall–Kier alpha value is -0.670. The van der Waals surface area contributed by atoms with Gasteiger partial charge in [-0.1, -0.05) is 0 Å². The standard InChI is InChI=1S/C7H12N2O3/c8-2-1-4-6(11)7(12)5(3-10)9-4/h4-7,9-12H,1,3H2/t4-,5+,6-,7+/m0/s1/i/hD. The Morgan fingerprint density at radius 3 is 2.42 bits per heavy atom. The molecule has 1 saturated heterocycles. The molecule has 5 heteroatoms. The summed E-state index contributed by atoms with van der Waals surface area (Å²) in [5.74, 6) is 0. The van der Waals surface area contributed by atoms with Crippen LogP contribution in [0, 0.1) is 11.3 Å². The SMILES string of the molecule is [2H]N1[C@H](CO)[C@@H](O)[C@@H](O)[C@@H]1CC#N. The van der Waals surface area contributed by atoms with Crippen LogP contribution in [0.4, 0.5) is 0 Å². The number of nitrogens with zero attached hydrogens (tertiary/aromatic N) is 1. The maximum Gasteiger partial charge on any atom is 0.123 e. The molecule has 1 aliphatic heterocycles. The molecule has 0 aromatic heterocycles. The summed E-state index contributed by atoms with van der Waals surface area (Å²) in [6, 6.07) is 0.312. The Bertz CT molecular complexity index is 220. The van der Waals surface area contributed by atoms with Gasteiger partial charge >= 0.3 is 0 Å². The maximum atomic E-state index is 9.39. The van der Waals surface area contributed by atoms with E-state index in [0.29, 0.717) is 0 Å². The third kappa shape index (κ3) is 1.57. The molecule has 0 unspecified atom stereocenters. The van der Waals surface area contributed by atoms with Crippen LogP contribution in [0.1, 0.15) is 6.42 Å². The van der Waals surface area contributed by atoms with E-state index in [-0.39, 0.29) is 6.42 Å². The molecule has 1 rings (SSSR count). The molecule has 68 valence electrons. The van der Waals surface area contributed by atoms with E-state index < -0.39 is 30.9 Å². The van der Waals surface area contributed by atoms with Crippen LogP contribution in [-0.2, 0) is 0 Å². The number of rotatable bonds is 2. The molecule has 12 heavy (non-hydrogen) atoms. The lowest BCUT2D eigenvalue weighted by Gasteiger charge is -2.12. The Morgan fingerprint density at radius 1 is 1.42 bits per heavy atom. The van der Waals surface area contributed by atoms with Gasteiger partial charge in [-0.05, 0) is 0 Å². The number of aliphatic hydroxyl groups excluding tert-OH is 3. The van der Waals surface area contributed by atoms with E-state index in [4.69, 9.17) is 11.8 Å². The fraction of sp³-hybridized carbons (Fsp3) is 0.857. The molecule has 1 aliphatic rings. The average molecular weight is 173 g/mol. The molecule has 4 atom stereocenters. The number of hydrogen-bond acceptors (Lipinski definition) is 5. The molecule has 5 nitrogen and oxygen atoms in total. The Labute approximate surface area is 71.7 Å². The van der Waals surface area contributed by atoms with Crippen LogP contribution in [0.25, 0.3) is 0 Å². The first-order valence-electron chi connectivity index (χ1n) is 4.19. The van der Waals surface area contributed by atoms with Crippen LogP contribution in [-0.4, -0.2) is 46.2 Å². The van der Waals surface area contributed by atoms with Crippen molar-refractivity contribution in [3.8, 4) is 6.07 Å². The third-order valence-corrected chi connectivity index (χ3v) is 2.01. The van der Waals surface area contributed by atoms with Gasteiger partial charge in [0.1, 0.15) is 1.41 Å². The first kappa shape index (κ1) is 7.95. The molecular weight excluding hydrogens is 160 g/mol. The van der Waals surface area contributed by atoms with Gasteiger partial charge < -0.3 is 20.6 Å². The molecule has 0 aromatic rings. The fourth-order valence-electron chi connectivity index (χ4n) is 1.30. The monoisotopic (exact) mass is 173 g/mol. The molecule has 0 radical (unpaired) electrons. The zero-order valence-corrected chi connectivity index (χ0v) is 6.46. The smallest absolute Gasteiger partial charge is 0.123 e. The lowest BCUT2D eigenvalue weighted by Crippen LogP contribution is -2.36. The largest absolute Gasteiger partial charge is 0.395 e. The minimum atomic E-state index is -1.15. The second kappa shape index (κ2) is 3.83. The maximum absolute atomic E-state index is 9.39. The molecule has 0 amide bonds. The minimum Gasteiger partial charge on any atom is -0.395 e. The van der Waals surface area contributed by atoms with Crippen molar-refractivity contribution >= 4 is 0 Å².